The lowest BCUT2D eigenvalue weighted by Crippen LogP contribution is -2.50. The molecule has 0 atom stereocenters. The number of hydrogen-bond acceptors (Lipinski definition) is 4. The third-order valence-corrected chi connectivity index (χ3v) is 6.12. The number of nitrogens with zero attached hydrogens (tertiary/aromatic N) is 3. The quantitative estimate of drug-likeness (QED) is 0.568. The molecule has 1 aliphatic carbocycles. The lowest BCUT2D eigenvalue weighted by atomic mass is 10.2. The Morgan fingerprint density at radius 2 is 1.69 bits per heavy atom. The molecule has 0 radical (unpaired) electrons. The highest BCUT2D eigenvalue weighted by Crippen LogP contribution is 2.31. The van der Waals surface area contributed by atoms with E-state index in [1.807, 2.05) is 24.3 Å². The number of piperazine rings is 1. The summed E-state index contributed by atoms with van der Waals surface area (Å²) in [5, 5.41) is 5.47. The van der Waals surface area contributed by atoms with Crippen LogP contribution in [-0.2, 0) is 9.59 Å². The third kappa shape index (κ3) is 6.38. The number of carbonyl (C=O) groups excluding carboxylic acids is 3. The molecule has 0 spiro atoms. The highest BCUT2D eigenvalue weighted by molar-refractivity contribution is 5.95. The Bertz CT molecular complexity index is 1080. The summed E-state index contributed by atoms with van der Waals surface area (Å²) in [6.45, 7) is 6.31. The number of hydrogen-bond donors (Lipinski definition) is 2. The zero-order chi connectivity index (χ0) is 24.8. The standard InChI is InChI=1S/C26H30FN5O3/c1-2-13-32(25(34)19-7-8-19)18-24(33)28-20-9-11-21(12-10-20)30-14-16-31(17-15-30)26(35)29-23-6-4-3-5-22(23)27/h2-6,9-12,19H,1,7-8,13-18H2,(H,28,33)(H,29,35). The van der Waals surface area contributed by atoms with Gasteiger partial charge < -0.3 is 25.3 Å². The van der Waals surface area contributed by atoms with Gasteiger partial charge in [0.05, 0.1) is 5.69 Å². The van der Waals surface area contributed by atoms with Gasteiger partial charge in [-0.15, -0.1) is 6.58 Å². The minimum Gasteiger partial charge on any atom is -0.368 e. The second-order valence-electron chi connectivity index (χ2n) is 8.76. The maximum Gasteiger partial charge on any atom is 0.322 e. The summed E-state index contributed by atoms with van der Waals surface area (Å²) in [6.07, 6.45) is 3.41. The summed E-state index contributed by atoms with van der Waals surface area (Å²) < 4.78 is 13.8. The number of anilines is 3. The Hall–Kier alpha value is -3.88. The predicted octanol–water partition coefficient (Wildman–Crippen LogP) is 3.54. The lowest BCUT2D eigenvalue weighted by molar-refractivity contribution is -0.135. The van der Waals surface area contributed by atoms with Crippen molar-refractivity contribution in [1.82, 2.24) is 9.80 Å². The average Bonchev–Trinajstić information content (AvgIpc) is 3.71. The van der Waals surface area contributed by atoms with Crippen LogP contribution >= 0.6 is 0 Å². The molecule has 1 aliphatic heterocycles. The zero-order valence-corrected chi connectivity index (χ0v) is 19.6. The Labute approximate surface area is 204 Å². The first-order valence-corrected chi connectivity index (χ1v) is 11.8. The number of halogens is 1. The van der Waals surface area contributed by atoms with Gasteiger partial charge in [-0.2, -0.15) is 0 Å². The number of nitrogens with one attached hydrogen (secondary N) is 2. The van der Waals surface area contributed by atoms with E-state index in [1.165, 1.54) is 17.0 Å². The van der Waals surface area contributed by atoms with Gasteiger partial charge in [0.25, 0.3) is 0 Å². The first kappa shape index (κ1) is 24.3. The van der Waals surface area contributed by atoms with Crippen LogP contribution in [0.4, 0.5) is 26.2 Å². The Morgan fingerprint density at radius 1 is 1.00 bits per heavy atom. The van der Waals surface area contributed by atoms with Crippen molar-refractivity contribution in [3.63, 3.8) is 0 Å². The monoisotopic (exact) mass is 479 g/mol. The Morgan fingerprint density at radius 3 is 2.31 bits per heavy atom. The molecule has 4 rings (SSSR count). The van der Waals surface area contributed by atoms with Gasteiger partial charge in [0.2, 0.25) is 11.8 Å². The van der Waals surface area contributed by atoms with Crippen molar-refractivity contribution in [3.8, 4) is 0 Å². The van der Waals surface area contributed by atoms with Crippen LogP contribution < -0.4 is 15.5 Å². The van der Waals surface area contributed by atoms with Crippen molar-refractivity contribution < 1.29 is 18.8 Å². The van der Waals surface area contributed by atoms with E-state index in [2.05, 4.69) is 22.1 Å². The second kappa shape index (κ2) is 11.0. The van der Waals surface area contributed by atoms with Crippen molar-refractivity contribution in [1.29, 1.82) is 0 Å². The van der Waals surface area contributed by atoms with Gasteiger partial charge in [0, 0.05) is 50.0 Å². The molecule has 1 saturated heterocycles. The SMILES string of the molecule is C=CCN(CC(=O)Nc1ccc(N2CCN(C(=O)Nc3ccccc3F)CC2)cc1)C(=O)C1CC1. The maximum absolute atomic E-state index is 13.8. The predicted molar refractivity (Wildman–Crippen MR) is 134 cm³/mol. The minimum absolute atomic E-state index is 0.00000950. The fraction of sp³-hybridized carbons (Fsp3) is 0.346. The summed E-state index contributed by atoms with van der Waals surface area (Å²) in [7, 11) is 0. The van der Waals surface area contributed by atoms with Crippen molar-refractivity contribution >= 4 is 34.9 Å². The van der Waals surface area contributed by atoms with Gasteiger partial charge in [-0.3, -0.25) is 9.59 Å². The van der Waals surface area contributed by atoms with Crippen molar-refractivity contribution in [3.05, 3.63) is 67.0 Å². The Balaban J connectivity index is 1.25. The number of para-hydroxylation sites is 1. The molecule has 2 fully saturated rings. The first-order valence-electron chi connectivity index (χ1n) is 11.8. The van der Waals surface area contributed by atoms with E-state index >= 15 is 0 Å². The van der Waals surface area contributed by atoms with Gasteiger partial charge >= 0.3 is 6.03 Å². The van der Waals surface area contributed by atoms with Crippen LogP contribution in [-0.4, -0.2) is 66.9 Å². The molecule has 4 amide bonds. The maximum atomic E-state index is 13.8. The molecule has 2 aliphatic rings. The highest BCUT2D eigenvalue weighted by atomic mass is 19.1. The number of amides is 4. The van der Waals surface area contributed by atoms with Crippen LogP contribution in [0, 0.1) is 11.7 Å². The molecular weight excluding hydrogens is 449 g/mol. The third-order valence-electron chi connectivity index (χ3n) is 6.12. The molecule has 2 aromatic rings. The molecule has 184 valence electrons. The first-order chi connectivity index (χ1) is 16.9. The van der Waals surface area contributed by atoms with Gasteiger partial charge in [-0.1, -0.05) is 18.2 Å². The topological polar surface area (TPSA) is 85.0 Å². The molecule has 1 saturated carbocycles. The smallest absolute Gasteiger partial charge is 0.322 e. The molecule has 35 heavy (non-hydrogen) atoms. The molecule has 0 unspecified atom stereocenters. The van der Waals surface area contributed by atoms with Crippen molar-refractivity contribution in [2.45, 2.75) is 12.8 Å². The van der Waals surface area contributed by atoms with Crippen molar-refractivity contribution in [2.75, 3.05) is 54.8 Å². The van der Waals surface area contributed by atoms with Crippen LogP contribution in [0.3, 0.4) is 0 Å². The summed E-state index contributed by atoms with van der Waals surface area (Å²) in [6, 6.07) is 13.3. The van der Waals surface area contributed by atoms with Gasteiger partial charge in [-0.05, 0) is 49.2 Å². The molecule has 0 aromatic heterocycles. The van der Waals surface area contributed by atoms with E-state index in [1.54, 1.807) is 23.1 Å². The van der Waals surface area contributed by atoms with E-state index in [0.717, 1.165) is 18.5 Å². The summed E-state index contributed by atoms with van der Waals surface area (Å²) in [4.78, 5) is 42.6. The molecule has 9 heteroatoms. The van der Waals surface area contributed by atoms with E-state index in [9.17, 15) is 18.8 Å². The number of rotatable bonds is 8. The molecule has 1 heterocycles. The van der Waals surface area contributed by atoms with Gasteiger partial charge in [0.15, 0.2) is 0 Å². The fourth-order valence-corrected chi connectivity index (χ4v) is 4.03. The largest absolute Gasteiger partial charge is 0.368 e. The van der Waals surface area contributed by atoms with E-state index < -0.39 is 5.82 Å². The van der Waals surface area contributed by atoms with E-state index in [4.69, 9.17) is 0 Å². The second-order valence-corrected chi connectivity index (χ2v) is 8.76. The van der Waals surface area contributed by atoms with Gasteiger partial charge in [0.1, 0.15) is 12.4 Å². The van der Waals surface area contributed by atoms with Crippen LogP contribution in [0.2, 0.25) is 0 Å². The minimum atomic E-state index is -0.463. The van der Waals surface area contributed by atoms with Gasteiger partial charge in [-0.25, -0.2) is 9.18 Å². The number of urea groups is 1. The molecule has 2 aromatic carbocycles. The van der Waals surface area contributed by atoms with E-state index in [-0.39, 0.29) is 36.0 Å². The lowest BCUT2D eigenvalue weighted by Gasteiger charge is -2.36. The summed E-state index contributed by atoms with van der Waals surface area (Å²) in [5.41, 5.74) is 1.80. The van der Waals surface area contributed by atoms with Crippen LogP contribution in [0.1, 0.15) is 12.8 Å². The Kier molecular flexibility index (Phi) is 7.64. The number of benzene rings is 2. The number of carbonyl (C=O) groups is 3. The van der Waals surface area contributed by atoms with Crippen LogP contribution in [0.5, 0.6) is 0 Å². The highest BCUT2D eigenvalue weighted by Gasteiger charge is 2.33. The summed E-state index contributed by atoms with van der Waals surface area (Å²) in [5.74, 6) is -0.650. The summed E-state index contributed by atoms with van der Waals surface area (Å²) >= 11 is 0. The fourth-order valence-electron chi connectivity index (χ4n) is 4.03. The van der Waals surface area contributed by atoms with E-state index in [0.29, 0.717) is 38.4 Å². The normalized spacial score (nSPS) is 15.3. The molecule has 8 nitrogen and oxygen atoms in total. The molecular formula is C26H30FN5O3. The average molecular weight is 480 g/mol. The van der Waals surface area contributed by atoms with Crippen LogP contribution in [0.25, 0.3) is 0 Å². The van der Waals surface area contributed by atoms with Crippen LogP contribution in [0.15, 0.2) is 61.2 Å². The molecule has 2 N–H and O–H groups in total. The zero-order valence-electron chi connectivity index (χ0n) is 19.6. The van der Waals surface area contributed by atoms with Crippen molar-refractivity contribution in [2.24, 2.45) is 5.92 Å². The molecule has 0 bridgehead atoms.